The maximum Gasteiger partial charge on any atom is 0.325 e. The number of carbonyl (C=O) groups excluding carboxylic acids is 3. The Morgan fingerprint density at radius 3 is 2.35 bits per heavy atom. The quantitative estimate of drug-likeness (QED) is 0.653. The van der Waals surface area contributed by atoms with Gasteiger partial charge in [-0.15, -0.1) is 0 Å². The first-order valence-corrected chi connectivity index (χ1v) is 6.84. The number of carbonyl (C=O) groups is 3. The third kappa shape index (κ3) is 5.03. The van der Waals surface area contributed by atoms with E-state index in [0.717, 1.165) is 6.07 Å². The number of hydrogen-bond donors (Lipinski definition) is 1. The fourth-order valence-electron chi connectivity index (χ4n) is 1.79. The standard InChI is InChI=1S/C17H14FNO4/c18-14-8-4-7-13(9-14)15(20)11-23-16(21)10-19-17(22)12-5-2-1-3-6-12/h1-9H,10-11H2,(H,19,22). The SMILES string of the molecule is O=C(CNC(=O)c1ccccc1)OCC(=O)c1cccc(F)c1. The van der Waals surface area contributed by atoms with E-state index in [1.807, 2.05) is 0 Å². The van der Waals surface area contributed by atoms with Crippen molar-refractivity contribution < 1.29 is 23.5 Å². The van der Waals surface area contributed by atoms with Gasteiger partial charge < -0.3 is 10.1 Å². The summed E-state index contributed by atoms with van der Waals surface area (Å²) in [4.78, 5) is 35.0. The van der Waals surface area contributed by atoms with E-state index < -0.39 is 30.1 Å². The van der Waals surface area contributed by atoms with Crippen LogP contribution in [-0.4, -0.2) is 30.8 Å². The predicted octanol–water partition coefficient (Wildman–Crippen LogP) is 1.98. The second-order valence-corrected chi connectivity index (χ2v) is 4.64. The lowest BCUT2D eigenvalue weighted by Gasteiger charge is -2.06. The minimum absolute atomic E-state index is 0.117. The summed E-state index contributed by atoms with van der Waals surface area (Å²) in [5.41, 5.74) is 0.530. The van der Waals surface area contributed by atoms with E-state index in [9.17, 15) is 18.8 Å². The van der Waals surface area contributed by atoms with Gasteiger partial charge >= 0.3 is 5.97 Å². The third-order valence-electron chi connectivity index (χ3n) is 2.94. The largest absolute Gasteiger partial charge is 0.456 e. The molecule has 0 aliphatic heterocycles. The van der Waals surface area contributed by atoms with Crippen molar-refractivity contribution in [3.63, 3.8) is 0 Å². The Kier molecular flexibility index (Phi) is 5.57. The average Bonchev–Trinajstić information content (AvgIpc) is 2.58. The zero-order valence-electron chi connectivity index (χ0n) is 12.1. The second kappa shape index (κ2) is 7.84. The average molecular weight is 315 g/mol. The molecule has 6 heteroatoms. The minimum atomic E-state index is -0.751. The van der Waals surface area contributed by atoms with Crippen LogP contribution in [0.15, 0.2) is 54.6 Å². The summed E-state index contributed by atoms with van der Waals surface area (Å²) < 4.78 is 17.7. The first-order chi connectivity index (χ1) is 11.1. The molecule has 0 saturated heterocycles. The van der Waals surface area contributed by atoms with Crippen molar-refractivity contribution >= 4 is 17.7 Å². The summed E-state index contributed by atoms with van der Waals surface area (Å²) in [7, 11) is 0. The van der Waals surface area contributed by atoms with Crippen LogP contribution in [0.1, 0.15) is 20.7 Å². The summed E-state index contributed by atoms with van der Waals surface area (Å²) in [5.74, 6) is -2.23. The molecule has 2 aromatic rings. The molecule has 1 N–H and O–H groups in total. The van der Waals surface area contributed by atoms with Gasteiger partial charge in [0.05, 0.1) is 0 Å². The Bertz CT molecular complexity index is 716. The highest BCUT2D eigenvalue weighted by Gasteiger charge is 2.12. The zero-order chi connectivity index (χ0) is 16.7. The molecule has 0 unspecified atom stereocenters. The van der Waals surface area contributed by atoms with E-state index in [-0.39, 0.29) is 12.1 Å². The van der Waals surface area contributed by atoms with Crippen molar-refractivity contribution in [2.45, 2.75) is 0 Å². The van der Waals surface area contributed by atoms with Crippen LogP contribution in [0.2, 0.25) is 0 Å². The molecule has 0 radical (unpaired) electrons. The first kappa shape index (κ1) is 16.4. The first-order valence-electron chi connectivity index (χ1n) is 6.84. The summed E-state index contributed by atoms with van der Waals surface area (Å²) >= 11 is 0. The summed E-state index contributed by atoms with van der Waals surface area (Å²) in [6.07, 6.45) is 0. The van der Waals surface area contributed by atoms with Crippen molar-refractivity contribution in [1.29, 1.82) is 0 Å². The van der Waals surface area contributed by atoms with E-state index in [0.29, 0.717) is 5.56 Å². The lowest BCUT2D eigenvalue weighted by molar-refractivity contribution is -0.141. The van der Waals surface area contributed by atoms with E-state index in [1.165, 1.54) is 18.2 Å². The maximum atomic E-state index is 13.0. The molecular formula is C17H14FNO4. The number of esters is 1. The predicted molar refractivity (Wildman–Crippen MR) is 80.5 cm³/mol. The van der Waals surface area contributed by atoms with Crippen molar-refractivity contribution in [2.75, 3.05) is 13.2 Å². The van der Waals surface area contributed by atoms with E-state index in [4.69, 9.17) is 4.74 Å². The normalized spacial score (nSPS) is 9.96. The molecule has 0 saturated carbocycles. The van der Waals surface area contributed by atoms with E-state index in [2.05, 4.69) is 5.32 Å². The van der Waals surface area contributed by atoms with Crippen LogP contribution in [0.3, 0.4) is 0 Å². The number of amides is 1. The lowest BCUT2D eigenvalue weighted by Crippen LogP contribution is -2.31. The third-order valence-corrected chi connectivity index (χ3v) is 2.94. The molecule has 0 aliphatic carbocycles. The Morgan fingerprint density at radius 2 is 1.65 bits per heavy atom. The fourth-order valence-corrected chi connectivity index (χ4v) is 1.79. The van der Waals surface area contributed by atoms with Gasteiger partial charge in [0.2, 0.25) is 0 Å². The zero-order valence-corrected chi connectivity index (χ0v) is 12.1. The Hall–Kier alpha value is -3.02. The molecule has 0 spiro atoms. The topological polar surface area (TPSA) is 72.5 Å². The van der Waals surface area contributed by atoms with Crippen molar-refractivity contribution in [3.05, 3.63) is 71.5 Å². The van der Waals surface area contributed by atoms with Crippen LogP contribution in [0.4, 0.5) is 4.39 Å². The van der Waals surface area contributed by atoms with Gasteiger partial charge in [0, 0.05) is 11.1 Å². The highest BCUT2D eigenvalue weighted by Crippen LogP contribution is 2.04. The summed E-state index contributed by atoms with van der Waals surface area (Å²) in [6.45, 7) is -0.867. The van der Waals surface area contributed by atoms with Crippen LogP contribution in [0.5, 0.6) is 0 Å². The Balaban J connectivity index is 1.77. The number of ether oxygens (including phenoxy) is 1. The van der Waals surface area contributed by atoms with Gasteiger partial charge in [0.15, 0.2) is 12.4 Å². The molecule has 118 valence electrons. The van der Waals surface area contributed by atoms with Gasteiger partial charge in [0.1, 0.15) is 12.4 Å². The maximum absolute atomic E-state index is 13.0. The molecule has 0 aliphatic rings. The van der Waals surface area contributed by atoms with Crippen LogP contribution in [0.25, 0.3) is 0 Å². The molecule has 2 rings (SSSR count). The summed E-state index contributed by atoms with van der Waals surface area (Å²) in [5, 5.41) is 2.39. The van der Waals surface area contributed by atoms with Gasteiger partial charge in [-0.1, -0.05) is 30.3 Å². The number of ketones is 1. The highest BCUT2D eigenvalue weighted by atomic mass is 19.1. The molecule has 5 nitrogen and oxygen atoms in total. The van der Waals surface area contributed by atoms with Crippen molar-refractivity contribution in [1.82, 2.24) is 5.32 Å². The number of hydrogen-bond acceptors (Lipinski definition) is 4. The van der Waals surface area contributed by atoms with Gasteiger partial charge in [-0.25, -0.2) is 4.39 Å². The molecule has 1 amide bonds. The van der Waals surface area contributed by atoms with Crippen molar-refractivity contribution in [2.24, 2.45) is 0 Å². The van der Waals surface area contributed by atoms with Gasteiger partial charge in [-0.3, -0.25) is 14.4 Å². The molecule has 2 aromatic carbocycles. The Labute approximate surface area is 132 Å². The van der Waals surface area contributed by atoms with Crippen LogP contribution in [-0.2, 0) is 9.53 Å². The van der Waals surface area contributed by atoms with Crippen molar-refractivity contribution in [3.8, 4) is 0 Å². The number of nitrogens with one attached hydrogen (secondary N) is 1. The second-order valence-electron chi connectivity index (χ2n) is 4.64. The van der Waals surface area contributed by atoms with Gasteiger partial charge in [-0.2, -0.15) is 0 Å². The molecular weight excluding hydrogens is 301 g/mol. The molecule has 0 heterocycles. The van der Waals surface area contributed by atoms with Crippen LogP contribution in [0, 0.1) is 5.82 Å². The van der Waals surface area contributed by atoms with Crippen LogP contribution < -0.4 is 5.32 Å². The lowest BCUT2D eigenvalue weighted by atomic mass is 10.1. The molecule has 23 heavy (non-hydrogen) atoms. The number of Topliss-reactive ketones (excluding diaryl/α,β-unsaturated/α-hetero) is 1. The van der Waals surface area contributed by atoms with Crippen LogP contribution >= 0.6 is 0 Å². The monoisotopic (exact) mass is 315 g/mol. The molecule has 0 bridgehead atoms. The molecule has 0 aromatic heterocycles. The Morgan fingerprint density at radius 1 is 0.957 bits per heavy atom. The summed E-state index contributed by atoms with van der Waals surface area (Å²) in [6, 6.07) is 13.5. The number of halogens is 1. The fraction of sp³-hybridized carbons (Fsp3) is 0.118. The van der Waals surface area contributed by atoms with E-state index in [1.54, 1.807) is 30.3 Å². The minimum Gasteiger partial charge on any atom is -0.456 e. The smallest absolute Gasteiger partial charge is 0.325 e. The number of rotatable bonds is 6. The molecule has 0 fully saturated rings. The molecule has 0 atom stereocenters. The van der Waals surface area contributed by atoms with Gasteiger partial charge in [0.25, 0.3) is 5.91 Å². The van der Waals surface area contributed by atoms with E-state index >= 15 is 0 Å². The van der Waals surface area contributed by atoms with Gasteiger partial charge in [-0.05, 0) is 24.3 Å². The highest BCUT2D eigenvalue weighted by molar-refractivity contribution is 5.98. The number of benzene rings is 2.